The molecule has 0 radical (unpaired) electrons. The molecule has 5 nitrogen and oxygen atoms in total. The van der Waals surface area contributed by atoms with E-state index >= 15 is 0 Å². The van der Waals surface area contributed by atoms with Crippen molar-refractivity contribution in [3.8, 4) is 5.82 Å². The van der Waals surface area contributed by atoms with Crippen molar-refractivity contribution in [2.45, 2.75) is 13.3 Å². The molecule has 0 aliphatic carbocycles. The molecule has 0 aromatic carbocycles. The SMILES string of the molecule is CCc1nnc(Cl)n1-c1ccn(C)n1. The molecule has 74 valence electrons. The summed E-state index contributed by atoms with van der Waals surface area (Å²) in [4.78, 5) is 0. The normalized spacial score (nSPS) is 10.8. The number of hydrogen-bond acceptors (Lipinski definition) is 3. The highest BCUT2D eigenvalue weighted by Gasteiger charge is 2.11. The predicted octanol–water partition coefficient (Wildman–Crippen LogP) is 1.22. The fourth-order valence-corrected chi connectivity index (χ4v) is 1.49. The summed E-state index contributed by atoms with van der Waals surface area (Å²) in [6.07, 6.45) is 2.63. The Bertz CT molecular complexity index is 444. The monoisotopic (exact) mass is 211 g/mol. The van der Waals surface area contributed by atoms with Crippen molar-refractivity contribution in [1.82, 2.24) is 24.5 Å². The van der Waals surface area contributed by atoms with Crippen molar-refractivity contribution in [2.75, 3.05) is 0 Å². The second kappa shape index (κ2) is 3.42. The Balaban J connectivity index is 2.54. The van der Waals surface area contributed by atoms with Gasteiger partial charge in [0.2, 0.25) is 5.28 Å². The van der Waals surface area contributed by atoms with Gasteiger partial charge >= 0.3 is 0 Å². The van der Waals surface area contributed by atoms with Gasteiger partial charge in [-0.3, -0.25) is 9.25 Å². The predicted molar refractivity (Wildman–Crippen MR) is 52.5 cm³/mol. The van der Waals surface area contributed by atoms with E-state index in [9.17, 15) is 0 Å². The smallest absolute Gasteiger partial charge is 0.230 e. The van der Waals surface area contributed by atoms with Gasteiger partial charge in [-0.1, -0.05) is 6.92 Å². The summed E-state index contributed by atoms with van der Waals surface area (Å²) in [7, 11) is 1.85. The fourth-order valence-electron chi connectivity index (χ4n) is 1.27. The second-order valence-corrected chi connectivity index (χ2v) is 3.26. The molecule has 0 unspecified atom stereocenters. The summed E-state index contributed by atoms with van der Waals surface area (Å²) in [6, 6.07) is 1.87. The zero-order valence-electron chi connectivity index (χ0n) is 7.98. The zero-order valence-corrected chi connectivity index (χ0v) is 8.73. The zero-order chi connectivity index (χ0) is 10.1. The Morgan fingerprint density at radius 3 is 2.79 bits per heavy atom. The third-order valence-electron chi connectivity index (χ3n) is 1.94. The minimum absolute atomic E-state index is 0.348. The van der Waals surface area contributed by atoms with E-state index in [1.54, 1.807) is 9.25 Å². The largest absolute Gasteiger partial charge is 0.274 e. The minimum atomic E-state index is 0.348. The van der Waals surface area contributed by atoms with Crippen LogP contribution in [-0.2, 0) is 13.5 Å². The second-order valence-electron chi connectivity index (χ2n) is 2.92. The van der Waals surface area contributed by atoms with Crippen molar-refractivity contribution in [2.24, 2.45) is 7.05 Å². The summed E-state index contributed by atoms with van der Waals surface area (Å²) in [5.74, 6) is 1.56. The number of halogens is 1. The lowest BCUT2D eigenvalue weighted by atomic mass is 10.4. The first kappa shape index (κ1) is 9.21. The van der Waals surface area contributed by atoms with Crippen molar-refractivity contribution in [3.05, 3.63) is 23.4 Å². The van der Waals surface area contributed by atoms with Gasteiger partial charge in [-0.05, 0) is 11.6 Å². The lowest BCUT2D eigenvalue weighted by molar-refractivity contribution is 0.742. The molecule has 0 atom stereocenters. The standard InChI is InChI=1S/C8H10ClN5/c1-3-6-10-11-8(9)14(6)7-4-5-13(2)12-7/h4-5H,3H2,1-2H3. The van der Waals surface area contributed by atoms with Gasteiger partial charge in [0.05, 0.1) is 0 Å². The van der Waals surface area contributed by atoms with Crippen LogP contribution in [0, 0.1) is 0 Å². The van der Waals surface area contributed by atoms with Crippen molar-refractivity contribution >= 4 is 11.6 Å². The first-order valence-corrected chi connectivity index (χ1v) is 4.70. The molecule has 0 amide bonds. The maximum absolute atomic E-state index is 5.91. The van der Waals surface area contributed by atoms with Gasteiger partial charge in [0.15, 0.2) is 5.82 Å². The highest BCUT2D eigenvalue weighted by atomic mass is 35.5. The maximum Gasteiger partial charge on any atom is 0.230 e. The molecule has 0 bridgehead atoms. The highest BCUT2D eigenvalue weighted by Crippen LogP contribution is 2.14. The van der Waals surface area contributed by atoms with E-state index in [0.717, 1.165) is 18.1 Å². The minimum Gasteiger partial charge on any atom is -0.274 e. The van der Waals surface area contributed by atoms with Gasteiger partial charge in [0.25, 0.3) is 0 Å². The van der Waals surface area contributed by atoms with E-state index in [4.69, 9.17) is 11.6 Å². The molecule has 0 saturated carbocycles. The number of hydrogen-bond donors (Lipinski definition) is 0. The summed E-state index contributed by atoms with van der Waals surface area (Å²) < 4.78 is 3.45. The molecule has 2 rings (SSSR count). The van der Waals surface area contributed by atoms with Crippen LogP contribution in [0.1, 0.15) is 12.7 Å². The third-order valence-corrected chi connectivity index (χ3v) is 2.18. The number of aryl methyl sites for hydroxylation is 2. The number of nitrogens with zero attached hydrogens (tertiary/aromatic N) is 5. The average molecular weight is 212 g/mol. The molecule has 0 fully saturated rings. The topological polar surface area (TPSA) is 48.5 Å². The van der Waals surface area contributed by atoms with Crippen LogP contribution in [0.4, 0.5) is 0 Å². The van der Waals surface area contributed by atoms with E-state index < -0.39 is 0 Å². The van der Waals surface area contributed by atoms with Crippen LogP contribution in [0.2, 0.25) is 5.28 Å². The first-order valence-electron chi connectivity index (χ1n) is 4.32. The van der Waals surface area contributed by atoms with Crippen molar-refractivity contribution in [3.63, 3.8) is 0 Å². The van der Waals surface area contributed by atoms with Crippen LogP contribution in [0.3, 0.4) is 0 Å². The fraction of sp³-hybridized carbons (Fsp3) is 0.375. The molecule has 2 heterocycles. The summed E-state index contributed by atoms with van der Waals surface area (Å²) in [5, 5.41) is 12.3. The lowest BCUT2D eigenvalue weighted by Gasteiger charge is -2.00. The molecule has 0 aliphatic heterocycles. The summed E-state index contributed by atoms with van der Waals surface area (Å²) >= 11 is 5.91. The van der Waals surface area contributed by atoms with E-state index in [1.807, 2.05) is 26.2 Å². The molecule has 6 heteroatoms. The Kier molecular flexibility index (Phi) is 2.25. The molecular formula is C8H10ClN5. The molecule has 0 aliphatic rings. The number of rotatable bonds is 2. The van der Waals surface area contributed by atoms with E-state index in [0.29, 0.717) is 5.28 Å². The van der Waals surface area contributed by atoms with Gasteiger partial charge < -0.3 is 0 Å². The first-order chi connectivity index (χ1) is 6.72. The van der Waals surface area contributed by atoms with Crippen LogP contribution < -0.4 is 0 Å². The van der Waals surface area contributed by atoms with Crippen LogP contribution >= 0.6 is 11.6 Å². The molecule has 14 heavy (non-hydrogen) atoms. The van der Waals surface area contributed by atoms with Gasteiger partial charge in [-0.25, -0.2) is 0 Å². The third kappa shape index (κ3) is 1.39. The highest BCUT2D eigenvalue weighted by molar-refractivity contribution is 6.28. The van der Waals surface area contributed by atoms with Crippen LogP contribution in [0.5, 0.6) is 0 Å². The van der Waals surface area contributed by atoms with Gasteiger partial charge in [-0.15, -0.1) is 10.2 Å². The molecule has 0 N–H and O–H groups in total. The van der Waals surface area contributed by atoms with Crippen LogP contribution in [0.25, 0.3) is 5.82 Å². The van der Waals surface area contributed by atoms with Crippen molar-refractivity contribution < 1.29 is 0 Å². The Hall–Kier alpha value is -1.36. The Morgan fingerprint density at radius 2 is 2.21 bits per heavy atom. The molecule has 2 aromatic heterocycles. The summed E-state index contributed by atoms with van der Waals surface area (Å²) in [5.41, 5.74) is 0. The maximum atomic E-state index is 5.91. The van der Waals surface area contributed by atoms with E-state index in [-0.39, 0.29) is 0 Å². The Labute approximate surface area is 86.3 Å². The quantitative estimate of drug-likeness (QED) is 0.751. The van der Waals surface area contributed by atoms with Gasteiger partial charge in [-0.2, -0.15) is 5.10 Å². The number of aromatic nitrogens is 5. The van der Waals surface area contributed by atoms with Crippen molar-refractivity contribution in [1.29, 1.82) is 0 Å². The Morgan fingerprint density at radius 1 is 1.43 bits per heavy atom. The molecule has 2 aromatic rings. The lowest BCUT2D eigenvalue weighted by Crippen LogP contribution is -2.02. The van der Waals surface area contributed by atoms with E-state index in [1.165, 1.54) is 0 Å². The van der Waals surface area contributed by atoms with Gasteiger partial charge in [0.1, 0.15) is 5.82 Å². The average Bonchev–Trinajstić information content (AvgIpc) is 2.71. The summed E-state index contributed by atoms with van der Waals surface area (Å²) in [6.45, 7) is 2.00. The van der Waals surface area contributed by atoms with Crippen LogP contribution in [-0.4, -0.2) is 24.5 Å². The molecule has 0 saturated heterocycles. The van der Waals surface area contributed by atoms with Gasteiger partial charge in [0, 0.05) is 25.7 Å². The molecule has 0 spiro atoms. The van der Waals surface area contributed by atoms with Crippen LogP contribution in [0.15, 0.2) is 12.3 Å². The molecular weight excluding hydrogens is 202 g/mol. The van der Waals surface area contributed by atoms with E-state index in [2.05, 4.69) is 15.3 Å².